The number of nitrogens with one attached hydrogen (secondary N) is 1. The number of urea groups is 1. The van der Waals surface area contributed by atoms with E-state index in [0.717, 1.165) is 4.90 Å². The van der Waals surface area contributed by atoms with Gasteiger partial charge < -0.3 is 14.8 Å². The van der Waals surface area contributed by atoms with Crippen LogP contribution in [0.5, 0.6) is 11.5 Å². The van der Waals surface area contributed by atoms with Crippen molar-refractivity contribution in [2.45, 2.75) is 12.5 Å². The smallest absolute Gasteiger partial charge is 0.325 e. The monoisotopic (exact) mass is 413 g/mol. The van der Waals surface area contributed by atoms with Crippen LogP contribution in [0.1, 0.15) is 22.8 Å². The lowest BCUT2D eigenvalue weighted by Crippen LogP contribution is -2.41. The summed E-state index contributed by atoms with van der Waals surface area (Å²) in [6.45, 7) is 0.989. The third-order valence-electron chi connectivity index (χ3n) is 4.94. The highest BCUT2D eigenvalue weighted by atomic mass is 16.6. The molecule has 0 spiro atoms. The van der Waals surface area contributed by atoms with Gasteiger partial charge in [0.1, 0.15) is 17.0 Å². The first kappa shape index (κ1) is 20.8. The van der Waals surface area contributed by atoms with Gasteiger partial charge in [-0.25, -0.2) is 4.79 Å². The van der Waals surface area contributed by atoms with Gasteiger partial charge in [0.15, 0.2) is 5.78 Å². The van der Waals surface area contributed by atoms with Gasteiger partial charge in [-0.3, -0.25) is 24.6 Å². The molecule has 1 atom stereocenters. The summed E-state index contributed by atoms with van der Waals surface area (Å²) < 4.78 is 10.3. The van der Waals surface area contributed by atoms with E-state index >= 15 is 0 Å². The summed E-state index contributed by atoms with van der Waals surface area (Å²) in [5.41, 5.74) is -1.03. The van der Waals surface area contributed by atoms with E-state index in [-0.39, 0.29) is 17.0 Å². The molecule has 3 amide bonds. The van der Waals surface area contributed by atoms with E-state index < -0.39 is 34.7 Å². The molecule has 0 aromatic heterocycles. The summed E-state index contributed by atoms with van der Waals surface area (Å²) in [6, 6.07) is 9.15. The molecule has 0 radical (unpaired) electrons. The Morgan fingerprint density at radius 2 is 1.80 bits per heavy atom. The van der Waals surface area contributed by atoms with Crippen molar-refractivity contribution in [3.8, 4) is 11.5 Å². The fraction of sp³-hybridized carbons (Fsp3) is 0.250. The number of imide groups is 1. The van der Waals surface area contributed by atoms with Crippen LogP contribution in [0.2, 0.25) is 0 Å². The molecular formula is C20H19N3O7. The molecule has 30 heavy (non-hydrogen) atoms. The zero-order chi connectivity index (χ0) is 22.1. The van der Waals surface area contributed by atoms with Gasteiger partial charge in [0.25, 0.3) is 11.6 Å². The van der Waals surface area contributed by atoms with E-state index in [2.05, 4.69) is 5.32 Å². The number of amides is 3. The number of non-ortho nitro benzene ring substituents is 1. The van der Waals surface area contributed by atoms with E-state index in [4.69, 9.17) is 9.47 Å². The first-order valence-electron chi connectivity index (χ1n) is 8.85. The number of carbonyl (C=O) groups excluding carboxylic acids is 3. The number of ketones is 1. The minimum Gasteiger partial charge on any atom is -0.497 e. The second-order valence-electron chi connectivity index (χ2n) is 6.74. The minimum absolute atomic E-state index is 0.141. The van der Waals surface area contributed by atoms with Gasteiger partial charge in [-0.1, -0.05) is 0 Å². The fourth-order valence-corrected chi connectivity index (χ4v) is 3.21. The topological polar surface area (TPSA) is 128 Å². The molecule has 0 aliphatic carbocycles. The Balaban J connectivity index is 1.84. The summed E-state index contributed by atoms with van der Waals surface area (Å²) in [6.07, 6.45) is 0. The van der Waals surface area contributed by atoms with Crippen LogP contribution in [0.3, 0.4) is 0 Å². The van der Waals surface area contributed by atoms with Crippen LogP contribution in [-0.2, 0) is 10.3 Å². The highest BCUT2D eigenvalue weighted by Crippen LogP contribution is 2.31. The number of Topliss-reactive ketones (excluding diaryl/α,β-unsaturated/α-hetero) is 1. The Bertz CT molecular complexity index is 1040. The Labute approximate surface area is 171 Å². The molecule has 1 aliphatic rings. The fourth-order valence-electron chi connectivity index (χ4n) is 3.21. The SMILES string of the molecule is COc1ccc(C(=O)CN2C(=O)N[C@](C)(c3ccc([N+](=O)[O-])cc3)C2=O)c(OC)c1. The van der Waals surface area contributed by atoms with Crippen LogP contribution in [0.15, 0.2) is 42.5 Å². The van der Waals surface area contributed by atoms with Gasteiger partial charge in [0.05, 0.1) is 31.3 Å². The molecule has 0 saturated carbocycles. The minimum atomic E-state index is -1.45. The van der Waals surface area contributed by atoms with Crippen molar-refractivity contribution in [3.63, 3.8) is 0 Å². The molecular weight excluding hydrogens is 394 g/mol. The maximum absolute atomic E-state index is 13.0. The maximum atomic E-state index is 13.0. The lowest BCUT2D eigenvalue weighted by Gasteiger charge is -2.22. The van der Waals surface area contributed by atoms with E-state index in [1.54, 1.807) is 6.07 Å². The average Bonchev–Trinajstić information content (AvgIpc) is 2.97. The molecule has 2 aromatic rings. The lowest BCUT2D eigenvalue weighted by molar-refractivity contribution is -0.384. The van der Waals surface area contributed by atoms with Crippen LogP contribution in [0.25, 0.3) is 0 Å². The van der Waals surface area contributed by atoms with E-state index in [1.807, 2.05) is 0 Å². The van der Waals surface area contributed by atoms with Gasteiger partial charge in [-0.05, 0) is 36.8 Å². The van der Waals surface area contributed by atoms with Crippen molar-refractivity contribution < 1.29 is 28.8 Å². The number of nitrogens with zero attached hydrogens (tertiary/aromatic N) is 2. The number of nitro groups is 1. The molecule has 0 unspecified atom stereocenters. The molecule has 3 rings (SSSR count). The van der Waals surface area contributed by atoms with Crippen LogP contribution < -0.4 is 14.8 Å². The molecule has 10 nitrogen and oxygen atoms in total. The Hall–Kier alpha value is -3.95. The number of ether oxygens (including phenoxy) is 2. The number of methoxy groups -OCH3 is 2. The molecule has 1 fully saturated rings. The highest BCUT2D eigenvalue weighted by Gasteiger charge is 2.49. The van der Waals surface area contributed by atoms with Crippen LogP contribution in [0.4, 0.5) is 10.5 Å². The number of carbonyl (C=O) groups is 3. The first-order valence-corrected chi connectivity index (χ1v) is 8.85. The summed E-state index contributed by atoms with van der Waals surface area (Å²) in [4.78, 5) is 49.3. The number of nitro benzene ring substituents is 1. The van der Waals surface area contributed by atoms with Crippen LogP contribution in [-0.4, -0.2) is 48.3 Å². The predicted molar refractivity (Wildman–Crippen MR) is 105 cm³/mol. The molecule has 1 aliphatic heterocycles. The van der Waals surface area contributed by atoms with Crippen molar-refractivity contribution in [1.29, 1.82) is 0 Å². The Morgan fingerprint density at radius 1 is 1.13 bits per heavy atom. The quantitative estimate of drug-likeness (QED) is 0.319. The third kappa shape index (κ3) is 3.54. The zero-order valence-corrected chi connectivity index (χ0v) is 16.5. The third-order valence-corrected chi connectivity index (χ3v) is 4.94. The summed E-state index contributed by atoms with van der Waals surface area (Å²) in [5, 5.41) is 13.4. The predicted octanol–water partition coefficient (Wildman–Crippen LogP) is 2.26. The van der Waals surface area contributed by atoms with Crippen molar-refractivity contribution in [1.82, 2.24) is 10.2 Å². The lowest BCUT2D eigenvalue weighted by atomic mass is 9.92. The van der Waals surface area contributed by atoms with Gasteiger partial charge in [-0.15, -0.1) is 0 Å². The average molecular weight is 413 g/mol. The number of hydrogen-bond donors (Lipinski definition) is 1. The van der Waals surface area contributed by atoms with Gasteiger partial charge in [0, 0.05) is 18.2 Å². The Morgan fingerprint density at radius 3 is 2.37 bits per heavy atom. The largest absolute Gasteiger partial charge is 0.497 e. The normalized spacial score (nSPS) is 18.2. The molecule has 10 heteroatoms. The number of hydrogen-bond acceptors (Lipinski definition) is 7. The molecule has 1 N–H and O–H groups in total. The molecule has 0 bridgehead atoms. The summed E-state index contributed by atoms with van der Waals surface area (Å²) >= 11 is 0. The molecule has 1 heterocycles. The van der Waals surface area contributed by atoms with Crippen molar-refractivity contribution in [3.05, 3.63) is 63.7 Å². The summed E-state index contributed by atoms with van der Waals surface area (Å²) in [5.74, 6) is -0.387. The van der Waals surface area contributed by atoms with Gasteiger partial charge in [-0.2, -0.15) is 0 Å². The standard InChI is InChI=1S/C20H19N3O7/c1-20(12-4-6-13(7-5-12)23(27)28)18(25)22(19(26)21-20)11-16(24)15-9-8-14(29-2)10-17(15)30-3/h4-10H,11H2,1-3H3,(H,21,26)/t20-/m1/s1. The zero-order valence-electron chi connectivity index (χ0n) is 16.5. The van der Waals surface area contributed by atoms with Gasteiger partial charge >= 0.3 is 6.03 Å². The number of benzene rings is 2. The van der Waals surface area contributed by atoms with Gasteiger partial charge in [0.2, 0.25) is 0 Å². The molecule has 156 valence electrons. The van der Waals surface area contributed by atoms with E-state index in [1.165, 1.54) is 57.5 Å². The van der Waals surface area contributed by atoms with E-state index in [0.29, 0.717) is 11.3 Å². The second kappa shape index (κ2) is 7.82. The molecule has 2 aromatic carbocycles. The van der Waals surface area contributed by atoms with Crippen LogP contribution >= 0.6 is 0 Å². The number of rotatable bonds is 7. The van der Waals surface area contributed by atoms with Crippen molar-refractivity contribution in [2.75, 3.05) is 20.8 Å². The first-order chi connectivity index (χ1) is 14.2. The van der Waals surface area contributed by atoms with Crippen molar-refractivity contribution >= 4 is 23.4 Å². The highest BCUT2D eigenvalue weighted by molar-refractivity contribution is 6.11. The maximum Gasteiger partial charge on any atom is 0.325 e. The van der Waals surface area contributed by atoms with Crippen molar-refractivity contribution in [2.24, 2.45) is 0 Å². The van der Waals surface area contributed by atoms with Crippen LogP contribution in [0, 0.1) is 10.1 Å². The van der Waals surface area contributed by atoms with E-state index in [9.17, 15) is 24.5 Å². The Kier molecular flexibility index (Phi) is 5.41. The second-order valence-corrected chi connectivity index (χ2v) is 6.74. The molecule has 1 saturated heterocycles. The summed E-state index contributed by atoms with van der Waals surface area (Å²) in [7, 11) is 2.87.